The van der Waals surface area contributed by atoms with Gasteiger partial charge in [-0.2, -0.15) is 0 Å². The first kappa shape index (κ1) is 17.8. The van der Waals surface area contributed by atoms with Gasteiger partial charge in [-0.05, 0) is 55.5 Å². The number of nitrogens with zero attached hydrogens (tertiary/aromatic N) is 2. The summed E-state index contributed by atoms with van der Waals surface area (Å²) in [5.41, 5.74) is 1.44. The number of halogens is 1. The normalized spacial score (nSPS) is 11.9. The first-order valence-corrected chi connectivity index (χ1v) is 9.52. The van der Waals surface area contributed by atoms with Gasteiger partial charge in [-0.1, -0.05) is 41.3 Å². The maximum absolute atomic E-state index is 13.0. The quantitative estimate of drug-likeness (QED) is 0.495. The van der Waals surface area contributed by atoms with Crippen LogP contribution < -0.4 is 5.32 Å². The molecule has 128 valence electrons. The second-order valence-electron chi connectivity index (χ2n) is 5.14. The second-order valence-corrected chi connectivity index (χ2v) is 8.35. The van der Waals surface area contributed by atoms with Crippen molar-refractivity contribution < 1.29 is 9.18 Å². The zero-order chi connectivity index (χ0) is 17.8. The molecule has 1 aromatic heterocycles. The summed E-state index contributed by atoms with van der Waals surface area (Å²) in [6, 6.07) is 15.2. The minimum atomic E-state index is -0.331. The van der Waals surface area contributed by atoms with Gasteiger partial charge in [0, 0.05) is 5.69 Å². The van der Waals surface area contributed by atoms with Gasteiger partial charge in [0.2, 0.25) is 5.91 Å². The number of benzene rings is 2. The zero-order valence-electron chi connectivity index (χ0n) is 13.2. The predicted molar refractivity (Wildman–Crippen MR) is 103 cm³/mol. The number of rotatable bonds is 5. The van der Waals surface area contributed by atoms with Crippen LogP contribution in [-0.2, 0) is 4.79 Å². The van der Waals surface area contributed by atoms with Gasteiger partial charge in [0.25, 0.3) is 0 Å². The molecule has 0 bridgehead atoms. The molecule has 0 aliphatic rings. The van der Waals surface area contributed by atoms with Crippen molar-refractivity contribution in [2.45, 2.75) is 16.5 Å². The molecule has 0 aliphatic carbocycles. The smallest absolute Gasteiger partial charge is 0.237 e. The van der Waals surface area contributed by atoms with E-state index in [9.17, 15) is 9.18 Å². The summed E-state index contributed by atoms with van der Waals surface area (Å²) in [7, 11) is 0. The molecular weight excluding hydrogens is 377 g/mol. The lowest BCUT2D eigenvalue weighted by Crippen LogP contribution is -2.22. The Labute approximate surface area is 157 Å². The highest BCUT2D eigenvalue weighted by Crippen LogP contribution is 2.28. The Bertz CT molecular complexity index is 922. The predicted octanol–water partition coefficient (Wildman–Crippen LogP) is 4.92. The molecule has 8 heteroatoms. The van der Waals surface area contributed by atoms with Crippen LogP contribution in [0.2, 0.25) is 0 Å². The Kier molecular flexibility index (Phi) is 5.62. The van der Waals surface area contributed by atoms with Gasteiger partial charge < -0.3 is 5.32 Å². The van der Waals surface area contributed by atoms with E-state index in [1.165, 1.54) is 35.2 Å². The number of hydrogen-bond acceptors (Lipinski definition) is 5. The average molecular weight is 392 g/mol. The van der Waals surface area contributed by atoms with Crippen molar-refractivity contribution in [1.82, 2.24) is 9.78 Å². The first-order valence-electron chi connectivity index (χ1n) is 7.41. The third-order valence-electron chi connectivity index (χ3n) is 3.29. The Morgan fingerprint density at radius 3 is 2.60 bits per heavy atom. The fraction of sp³-hybridized carbons (Fsp3) is 0.118. The molecule has 1 atom stereocenters. The Hall–Kier alpha value is -2.03. The van der Waals surface area contributed by atoms with Crippen molar-refractivity contribution in [2.24, 2.45) is 0 Å². The number of carbonyl (C=O) groups excluding carboxylic acids is 1. The van der Waals surface area contributed by atoms with Crippen molar-refractivity contribution in [3.05, 3.63) is 64.4 Å². The fourth-order valence-electron chi connectivity index (χ4n) is 2.02. The van der Waals surface area contributed by atoms with E-state index in [1.807, 2.05) is 37.3 Å². The number of carbonyl (C=O) groups is 1. The minimum absolute atomic E-state index is 0.106. The number of para-hydroxylation sites is 1. The average Bonchev–Trinajstić information content (AvgIpc) is 2.96. The molecule has 0 saturated carbocycles. The maximum atomic E-state index is 13.0. The van der Waals surface area contributed by atoms with Crippen LogP contribution >= 0.6 is 35.3 Å². The molecule has 4 nitrogen and oxygen atoms in total. The van der Waals surface area contributed by atoms with Crippen molar-refractivity contribution >= 4 is 46.9 Å². The van der Waals surface area contributed by atoms with Crippen LogP contribution in [0.1, 0.15) is 6.92 Å². The Morgan fingerprint density at radius 2 is 1.92 bits per heavy atom. The summed E-state index contributed by atoms with van der Waals surface area (Å²) in [5, 5.41) is 6.96. The number of anilines is 1. The molecule has 1 heterocycles. The maximum Gasteiger partial charge on any atom is 0.237 e. The fourth-order valence-corrected chi connectivity index (χ4v) is 4.53. The van der Waals surface area contributed by atoms with Crippen molar-refractivity contribution in [2.75, 3.05) is 5.32 Å². The third kappa shape index (κ3) is 4.53. The van der Waals surface area contributed by atoms with Crippen molar-refractivity contribution in [3.8, 4) is 5.69 Å². The summed E-state index contributed by atoms with van der Waals surface area (Å²) < 4.78 is 15.9. The number of aromatic nitrogens is 2. The van der Waals surface area contributed by atoms with E-state index < -0.39 is 0 Å². The highest BCUT2D eigenvalue weighted by Gasteiger charge is 2.17. The van der Waals surface area contributed by atoms with E-state index in [1.54, 1.807) is 16.8 Å². The Balaban J connectivity index is 1.70. The van der Waals surface area contributed by atoms with Gasteiger partial charge >= 0.3 is 0 Å². The summed E-state index contributed by atoms with van der Waals surface area (Å²) >= 11 is 7.98. The second kappa shape index (κ2) is 7.90. The number of hydrogen-bond donors (Lipinski definition) is 1. The van der Waals surface area contributed by atoms with Crippen LogP contribution in [0.3, 0.4) is 0 Å². The zero-order valence-corrected chi connectivity index (χ0v) is 15.6. The lowest BCUT2D eigenvalue weighted by atomic mass is 10.3. The Morgan fingerprint density at radius 1 is 1.24 bits per heavy atom. The van der Waals surface area contributed by atoms with Crippen LogP contribution in [-0.4, -0.2) is 20.9 Å². The van der Waals surface area contributed by atoms with E-state index in [2.05, 4.69) is 10.4 Å². The minimum Gasteiger partial charge on any atom is -0.325 e. The van der Waals surface area contributed by atoms with Crippen LogP contribution in [0, 0.1) is 9.77 Å². The molecule has 0 unspecified atom stereocenters. The molecule has 0 fully saturated rings. The molecule has 0 radical (unpaired) electrons. The number of amides is 1. The number of nitrogens with one attached hydrogen (secondary N) is 1. The summed E-state index contributed by atoms with van der Waals surface area (Å²) in [5.74, 6) is -0.419. The molecule has 0 saturated heterocycles. The molecular formula is C17H14FN3OS3. The van der Waals surface area contributed by atoms with Gasteiger partial charge in [0.05, 0.1) is 10.9 Å². The van der Waals surface area contributed by atoms with Crippen LogP contribution in [0.4, 0.5) is 10.1 Å². The highest BCUT2D eigenvalue weighted by atomic mass is 32.2. The SMILES string of the molecule is C[C@@H](Sc1nn(-c2ccc(F)cc2)c(=S)s1)C(=O)Nc1ccccc1. The van der Waals surface area contributed by atoms with Crippen LogP contribution in [0.25, 0.3) is 5.69 Å². The van der Waals surface area contributed by atoms with Gasteiger partial charge in [0.15, 0.2) is 8.29 Å². The third-order valence-corrected chi connectivity index (χ3v) is 5.70. The molecule has 1 amide bonds. The summed E-state index contributed by atoms with van der Waals surface area (Å²) in [4.78, 5) is 12.3. The van der Waals surface area contributed by atoms with Crippen LogP contribution in [0.15, 0.2) is 58.9 Å². The van der Waals surface area contributed by atoms with Gasteiger partial charge in [0.1, 0.15) is 5.82 Å². The summed E-state index contributed by atoms with van der Waals surface area (Å²) in [6.45, 7) is 1.82. The van der Waals surface area contributed by atoms with E-state index in [0.717, 1.165) is 5.69 Å². The molecule has 25 heavy (non-hydrogen) atoms. The summed E-state index contributed by atoms with van der Waals surface area (Å²) in [6.07, 6.45) is 0. The molecule has 0 spiro atoms. The van der Waals surface area contributed by atoms with Crippen LogP contribution in [0.5, 0.6) is 0 Å². The van der Waals surface area contributed by atoms with E-state index in [0.29, 0.717) is 14.0 Å². The molecule has 2 aromatic carbocycles. The van der Waals surface area contributed by atoms with Gasteiger partial charge in [-0.15, -0.1) is 5.10 Å². The van der Waals surface area contributed by atoms with E-state index >= 15 is 0 Å². The molecule has 0 aliphatic heterocycles. The molecule has 1 N–H and O–H groups in total. The lowest BCUT2D eigenvalue weighted by Gasteiger charge is -2.10. The first-order chi connectivity index (χ1) is 12.0. The van der Waals surface area contributed by atoms with Crippen molar-refractivity contribution in [1.29, 1.82) is 0 Å². The van der Waals surface area contributed by atoms with E-state index in [-0.39, 0.29) is 17.0 Å². The van der Waals surface area contributed by atoms with Gasteiger partial charge in [-0.25, -0.2) is 9.07 Å². The highest BCUT2D eigenvalue weighted by molar-refractivity contribution is 8.02. The molecule has 3 aromatic rings. The van der Waals surface area contributed by atoms with Crippen molar-refractivity contribution in [3.63, 3.8) is 0 Å². The number of thioether (sulfide) groups is 1. The van der Waals surface area contributed by atoms with Gasteiger partial charge in [-0.3, -0.25) is 4.79 Å². The lowest BCUT2D eigenvalue weighted by molar-refractivity contribution is -0.115. The largest absolute Gasteiger partial charge is 0.325 e. The standard InChI is InChI=1S/C17H14FN3OS3/c1-11(15(22)19-13-5-3-2-4-6-13)24-16-20-21(17(23)25-16)14-9-7-12(18)8-10-14/h2-11H,1H3,(H,19,22)/t11-/m1/s1. The monoisotopic (exact) mass is 391 g/mol. The molecule has 3 rings (SSSR count). The topological polar surface area (TPSA) is 46.9 Å². The van der Waals surface area contributed by atoms with E-state index in [4.69, 9.17) is 12.2 Å².